The Morgan fingerprint density at radius 3 is 2.86 bits per heavy atom. The molecule has 1 N–H and O–H groups in total. The van der Waals surface area contributed by atoms with Gasteiger partial charge in [0.25, 0.3) is 0 Å². The topological polar surface area (TPSA) is 12.0 Å². The maximum absolute atomic E-state index is 6.01. The lowest BCUT2D eigenvalue weighted by Gasteiger charge is -1.97. The lowest BCUT2D eigenvalue weighted by Crippen LogP contribution is -2.15. The number of benzene rings is 1. The second kappa shape index (κ2) is 4.63. The minimum absolute atomic E-state index is 0.769. The zero-order valence-corrected chi connectivity index (χ0v) is 8.80. The fourth-order valence-corrected chi connectivity index (χ4v) is 1.52. The van der Waals surface area contributed by atoms with Gasteiger partial charge in [0.1, 0.15) is 0 Å². The average Bonchev–Trinajstić information content (AvgIpc) is 2.99. The molecule has 1 aromatic rings. The first-order valence-corrected chi connectivity index (χ1v) is 5.38. The zero-order valence-electron chi connectivity index (χ0n) is 8.04. The van der Waals surface area contributed by atoms with Crippen molar-refractivity contribution in [3.63, 3.8) is 0 Å². The molecule has 0 atom stereocenters. The molecule has 0 aromatic heterocycles. The maximum atomic E-state index is 6.01. The zero-order chi connectivity index (χ0) is 9.80. The number of hydrogen-bond donors (Lipinski definition) is 1. The molecule has 0 bridgehead atoms. The number of nitrogens with one attached hydrogen (secondary N) is 1. The predicted octanol–water partition coefficient (Wildman–Crippen LogP) is 3.11. The van der Waals surface area contributed by atoms with Crippen molar-refractivity contribution in [2.24, 2.45) is 0 Å². The Balaban J connectivity index is 1.85. The van der Waals surface area contributed by atoms with Gasteiger partial charge in [0, 0.05) is 17.6 Å². The smallest absolute Gasteiger partial charge is 0.0478 e. The monoisotopic (exact) mass is 207 g/mol. The van der Waals surface area contributed by atoms with Crippen LogP contribution in [0.1, 0.15) is 18.4 Å². The van der Waals surface area contributed by atoms with Gasteiger partial charge in [-0.05, 0) is 24.5 Å². The van der Waals surface area contributed by atoms with E-state index >= 15 is 0 Å². The summed E-state index contributed by atoms with van der Waals surface area (Å²) in [6, 6.07) is 8.65. The molecule has 1 aliphatic carbocycles. The highest BCUT2D eigenvalue weighted by molar-refractivity contribution is 6.32. The summed E-state index contributed by atoms with van der Waals surface area (Å²) >= 11 is 6.01. The van der Waals surface area contributed by atoms with E-state index in [9.17, 15) is 0 Å². The van der Waals surface area contributed by atoms with Gasteiger partial charge in [0.2, 0.25) is 0 Å². The Labute approximate surface area is 89.8 Å². The van der Waals surface area contributed by atoms with Crippen molar-refractivity contribution < 1.29 is 0 Å². The summed E-state index contributed by atoms with van der Waals surface area (Å²) in [4.78, 5) is 0. The van der Waals surface area contributed by atoms with Crippen LogP contribution in [-0.2, 0) is 0 Å². The molecule has 74 valence electrons. The van der Waals surface area contributed by atoms with Crippen LogP contribution in [0.5, 0.6) is 0 Å². The molecule has 0 heterocycles. The van der Waals surface area contributed by atoms with Crippen LogP contribution >= 0.6 is 11.6 Å². The summed E-state index contributed by atoms with van der Waals surface area (Å²) in [7, 11) is 0. The van der Waals surface area contributed by atoms with E-state index < -0.39 is 0 Å². The first-order chi connectivity index (χ1) is 6.86. The van der Waals surface area contributed by atoms with Crippen molar-refractivity contribution in [2.75, 3.05) is 6.54 Å². The fourth-order valence-electron chi connectivity index (χ4n) is 1.32. The predicted molar refractivity (Wildman–Crippen MR) is 61.5 cm³/mol. The Bertz CT molecular complexity index is 329. The number of hydrogen-bond acceptors (Lipinski definition) is 1. The van der Waals surface area contributed by atoms with Crippen molar-refractivity contribution in [1.29, 1.82) is 0 Å². The van der Waals surface area contributed by atoms with E-state index in [2.05, 4.69) is 17.5 Å². The minimum Gasteiger partial charge on any atom is -0.311 e. The third-order valence-corrected chi connectivity index (χ3v) is 2.65. The second-order valence-electron chi connectivity index (χ2n) is 3.61. The van der Waals surface area contributed by atoms with Gasteiger partial charge in [0.15, 0.2) is 0 Å². The molecule has 1 aromatic carbocycles. The molecule has 2 rings (SSSR count). The van der Waals surface area contributed by atoms with Crippen LogP contribution in [-0.4, -0.2) is 12.6 Å². The van der Waals surface area contributed by atoms with Crippen LogP contribution < -0.4 is 5.32 Å². The summed E-state index contributed by atoms with van der Waals surface area (Å²) in [5.41, 5.74) is 1.09. The Kier molecular flexibility index (Phi) is 3.22. The van der Waals surface area contributed by atoms with Gasteiger partial charge >= 0.3 is 0 Å². The molecule has 14 heavy (non-hydrogen) atoms. The van der Waals surface area contributed by atoms with Gasteiger partial charge < -0.3 is 5.32 Å². The lowest BCUT2D eigenvalue weighted by atomic mass is 10.2. The van der Waals surface area contributed by atoms with E-state index in [1.165, 1.54) is 12.8 Å². The average molecular weight is 208 g/mol. The van der Waals surface area contributed by atoms with E-state index in [4.69, 9.17) is 11.6 Å². The van der Waals surface area contributed by atoms with Crippen LogP contribution in [0.3, 0.4) is 0 Å². The summed E-state index contributed by atoms with van der Waals surface area (Å²) in [5.74, 6) is 0. The van der Waals surface area contributed by atoms with Gasteiger partial charge in [-0.15, -0.1) is 0 Å². The van der Waals surface area contributed by atoms with Gasteiger partial charge in [0.05, 0.1) is 0 Å². The quantitative estimate of drug-likeness (QED) is 0.800. The van der Waals surface area contributed by atoms with Gasteiger partial charge in [-0.1, -0.05) is 42.0 Å². The van der Waals surface area contributed by atoms with Gasteiger partial charge in [-0.3, -0.25) is 0 Å². The number of rotatable bonds is 4. The summed E-state index contributed by atoms with van der Waals surface area (Å²) in [6.07, 6.45) is 6.86. The highest BCUT2D eigenvalue weighted by Crippen LogP contribution is 2.18. The Morgan fingerprint density at radius 2 is 2.14 bits per heavy atom. The fraction of sp³-hybridized carbons (Fsp3) is 0.333. The first kappa shape index (κ1) is 9.75. The largest absolute Gasteiger partial charge is 0.311 e. The normalized spacial score (nSPS) is 16.4. The third-order valence-electron chi connectivity index (χ3n) is 2.30. The molecule has 1 fully saturated rings. The highest BCUT2D eigenvalue weighted by atomic mass is 35.5. The van der Waals surface area contributed by atoms with Gasteiger partial charge in [-0.25, -0.2) is 0 Å². The van der Waals surface area contributed by atoms with Crippen LogP contribution in [0.15, 0.2) is 30.3 Å². The summed E-state index contributed by atoms with van der Waals surface area (Å²) in [5, 5.41) is 4.23. The Hall–Kier alpha value is -0.790. The van der Waals surface area contributed by atoms with Crippen molar-refractivity contribution in [3.05, 3.63) is 40.9 Å². The molecular formula is C12H14ClN. The number of halogens is 1. The summed E-state index contributed by atoms with van der Waals surface area (Å²) in [6.45, 7) is 0.940. The molecule has 1 nitrogen and oxygen atoms in total. The van der Waals surface area contributed by atoms with Crippen LogP contribution in [0.25, 0.3) is 6.08 Å². The van der Waals surface area contributed by atoms with E-state index in [0.717, 1.165) is 23.2 Å². The SMILES string of the molecule is Clc1ccccc1C=CCNC1CC1. The summed E-state index contributed by atoms with van der Waals surface area (Å²) < 4.78 is 0. The second-order valence-corrected chi connectivity index (χ2v) is 4.01. The molecule has 1 saturated carbocycles. The molecule has 0 saturated heterocycles. The Morgan fingerprint density at radius 1 is 1.36 bits per heavy atom. The first-order valence-electron chi connectivity index (χ1n) is 5.01. The van der Waals surface area contributed by atoms with Gasteiger partial charge in [-0.2, -0.15) is 0 Å². The van der Waals surface area contributed by atoms with Crippen LogP contribution in [0.4, 0.5) is 0 Å². The van der Waals surface area contributed by atoms with Crippen molar-refractivity contribution in [2.45, 2.75) is 18.9 Å². The van der Waals surface area contributed by atoms with E-state index in [-0.39, 0.29) is 0 Å². The minimum atomic E-state index is 0.769. The van der Waals surface area contributed by atoms with Crippen molar-refractivity contribution >= 4 is 17.7 Å². The molecule has 1 aliphatic rings. The van der Waals surface area contributed by atoms with E-state index in [1.807, 2.05) is 24.3 Å². The molecule has 0 amide bonds. The standard InChI is InChI=1S/C12H14ClN/c13-12-6-2-1-4-10(12)5-3-9-14-11-7-8-11/h1-6,11,14H,7-9H2. The molecule has 2 heteroatoms. The molecule has 0 unspecified atom stereocenters. The lowest BCUT2D eigenvalue weighted by molar-refractivity contribution is 0.754. The highest BCUT2D eigenvalue weighted by Gasteiger charge is 2.18. The molecule has 0 aliphatic heterocycles. The molecule has 0 radical (unpaired) electrons. The van der Waals surface area contributed by atoms with E-state index in [0.29, 0.717) is 0 Å². The molecular weight excluding hydrogens is 194 g/mol. The third kappa shape index (κ3) is 2.86. The van der Waals surface area contributed by atoms with Crippen molar-refractivity contribution in [1.82, 2.24) is 5.32 Å². The maximum Gasteiger partial charge on any atom is 0.0478 e. The molecule has 0 spiro atoms. The van der Waals surface area contributed by atoms with E-state index in [1.54, 1.807) is 0 Å². The van der Waals surface area contributed by atoms with Crippen molar-refractivity contribution in [3.8, 4) is 0 Å². The van der Waals surface area contributed by atoms with Crippen LogP contribution in [0, 0.1) is 0 Å². The van der Waals surface area contributed by atoms with Crippen LogP contribution in [0.2, 0.25) is 5.02 Å².